The summed E-state index contributed by atoms with van der Waals surface area (Å²) in [5, 5.41) is 15.5. The van der Waals surface area contributed by atoms with E-state index in [2.05, 4.69) is 332 Å². The van der Waals surface area contributed by atoms with Gasteiger partial charge in [-0.3, -0.25) is 0 Å². The highest BCUT2D eigenvalue weighted by atomic mass is 28.3. The molecule has 4 nitrogen and oxygen atoms in total. The van der Waals surface area contributed by atoms with E-state index in [1.807, 2.05) is 0 Å². The van der Waals surface area contributed by atoms with Gasteiger partial charge >= 0.3 is 0 Å². The number of hydrogen-bond donors (Lipinski definition) is 0. The molecule has 446 valence electrons. The fourth-order valence-electron chi connectivity index (χ4n) is 16.0. The number of furan rings is 2. The zero-order valence-corrected chi connectivity index (χ0v) is 56.0. The van der Waals surface area contributed by atoms with Gasteiger partial charge < -0.3 is 18.6 Å². The van der Waals surface area contributed by atoms with Gasteiger partial charge in [0.05, 0.1) is 16.8 Å². The van der Waals surface area contributed by atoms with E-state index in [-0.39, 0.29) is 10.8 Å². The lowest BCUT2D eigenvalue weighted by molar-refractivity contribution is 0.595. The van der Waals surface area contributed by atoms with Crippen molar-refractivity contribution in [3.8, 4) is 44.5 Å². The smallest absolute Gasteiger partial charge is 0.160 e. The van der Waals surface area contributed by atoms with Gasteiger partial charge in [0.1, 0.15) is 32.9 Å². The van der Waals surface area contributed by atoms with Crippen LogP contribution >= 0.6 is 0 Å². The van der Waals surface area contributed by atoms with Crippen LogP contribution in [-0.2, 0) is 10.8 Å². The number of anilines is 6. The van der Waals surface area contributed by atoms with E-state index in [4.69, 9.17) is 8.83 Å². The lowest BCUT2D eigenvalue weighted by Crippen LogP contribution is -2.51. The van der Waals surface area contributed by atoms with Crippen molar-refractivity contribution >= 4 is 136 Å². The number of rotatable bonds is 8. The first-order valence-electron chi connectivity index (χ1n) is 32.6. The first-order chi connectivity index (χ1) is 44.4. The van der Waals surface area contributed by atoms with Crippen molar-refractivity contribution in [3.05, 3.63) is 266 Å². The van der Waals surface area contributed by atoms with Crippen LogP contribution in [0.25, 0.3) is 110 Å². The predicted octanol–water partition coefficient (Wildman–Crippen LogP) is 22.3. The van der Waals surface area contributed by atoms with E-state index in [1.54, 1.807) is 0 Å². The van der Waals surface area contributed by atoms with Crippen LogP contribution in [0.3, 0.4) is 0 Å². The van der Waals surface area contributed by atoms with Crippen LogP contribution in [0.5, 0.6) is 0 Å². The second kappa shape index (κ2) is 20.3. The standard InChI is InChI=1S/C86H72N2O2Si2/c1-85(2,3)69-47-45-59(61-29-17-19-31-63(61)69)53-37-41-57(42-38-53)87(55-25-13-11-14-26-55)71-51-78-81(84-79(71)65-33-21-23-35-73(65)90-84)68-50-75-67(49-76(68)92(78,9)10)80-77(91(75,7)8)52-72(83-82(80)66-34-22-24-36-74(66)89-83)88(56-27-15-12-16-28-56)58-43-39-54(40-44-58)60-46-48-70(86(4,5)6)64-32-20-18-30-62(60)64/h11-52H,1-10H3. The Bertz CT molecular complexity index is 5530. The number of benzene rings is 13. The Labute approximate surface area is 540 Å². The molecule has 0 saturated carbocycles. The molecule has 0 atom stereocenters. The van der Waals surface area contributed by atoms with Crippen molar-refractivity contribution in [1.82, 2.24) is 0 Å². The Morgan fingerprint density at radius 3 is 1.14 bits per heavy atom. The van der Waals surface area contributed by atoms with E-state index in [9.17, 15) is 0 Å². The molecular formula is C86H72N2O2Si2. The van der Waals surface area contributed by atoms with Crippen LogP contribution in [0.15, 0.2) is 264 Å². The van der Waals surface area contributed by atoms with Gasteiger partial charge in [0.2, 0.25) is 0 Å². The first kappa shape index (κ1) is 56.0. The molecule has 2 aromatic heterocycles. The highest BCUT2D eigenvalue weighted by Gasteiger charge is 2.47. The fourth-order valence-corrected chi connectivity index (χ4v) is 22.1. The van der Waals surface area contributed by atoms with Crippen LogP contribution < -0.4 is 30.5 Å². The molecular weight excluding hydrogens is 1150 g/mol. The van der Waals surface area contributed by atoms with E-state index < -0.39 is 16.1 Å². The third kappa shape index (κ3) is 8.39. The summed E-state index contributed by atoms with van der Waals surface area (Å²) >= 11 is 0. The average molecular weight is 1220 g/mol. The molecule has 2 aliphatic rings. The molecule has 0 spiro atoms. The summed E-state index contributed by atoms with van der Waals surface area (Å²) in [6, 6.07) is 95.1. The van der Waals surface area contributed by atoms with Crippen LogP contribution in [-0.4, -0.2) is 16.1 Å². The van der Waals surface area contributed by atoms with Gasteiger partial charge in [-0.05, 0) is 176 Å². The van der Waals surface area contributed by atoms with E-state index in [0.717, 1.165) is 72.6 Å². The Morgan fingerprint density at radius 2 is 0.663 bits per heavy atom. The molecule has 0 N–H and O–H groups in total. The summed E-state index contributed by atoms with van der Waals surface area (Å²) in [5.41, 5.74) is 23.0. The maximum Gasteiger partial charge on any atom is 0.160 e. The number of nitrogens with zero attached hydrogens (tertiary/aromatic N) is 2. The minimum atomic E-state index is -2.52. The normalized spacial score (nSPS) is 13.9. The maximum atomic E-state index is 7.37. The van der Waals surface area contributed by atoms with Crippen LogP contribution in [0.2, 0.25) is 26.2 Å². The molecule has 0 saturated heterocycles. The molecule has 0 bridgehead atoms. The minimum Gasteiger partial charge on any atom is -0.455 e. The molecule has 0 fully saturated rings. The summed E-state index contributed by atoms with van der Waals surface area (Å²) < 4.78 is 14.7. The molecule has 92 heavy (non-hydrogen) atoms. The molecule has 17 rings (SSSR count). The van der Waals surface area contributed by atoms with Gasteiger partial charge in [-0.1, -0.05) is 250 Å². The third-order valence-corrected chi connectivity index (χ3v) is 27.5. The minimum absolute atomic E-state index is 0.0190. The zero-order chi connectivity index (χ0) is 62.7. The quantitative estimate of drug-likeness (QED) is 0.142. The molecule has 2 aliphatic heterocycles. The molecule has 4 heterocycles. The van der Waals surface area contributed by atoms with Gasteiger partial charge in [0, 0.05) is 44.5 Å². The van der Waals surface area contributed by atoms with E-state index in [0.29, 0.717) is 0 Å². The summed E-state index contributed by atoms with van der Waals surface area (Å²) in [7, 11) is -5.03. The van der Waals surface area contributed by atoms with Crippen LogP contribution in [0.4, 0.5) is 34.1 Å². The SMILES string of the molecule is CC(C)(C)c1ccc(-c2ccc(N(c3ccccc3)c3cc4c(c5c3oc3ccccc35)-c3cc5c(cc3[Si]4(C)C)-c3c(cc(N(c4ccccc4)c4ccc(-c6ccc(C(C)(C)C)c7ccccc67)cc4)c4c3oc3ccccc34)[Si]5(C)C)cc2)c2ccccc12. The van der Waals surface area contributed by atoms with Crippen molar-refractivity contribution in [2.75, 3.05) is 9.80 Å². The summed E-state index contributed by atoms with van der Waals surface area (Å²) in [6.45, 7) is 24.1. The number of hydrogen-bond acceptors (Lipinski definition) is 4. The van der Waals surface area contributed by atoms with Gasteiger partial charge in [-0.15, -0.1) is 0 Å². The maximum absolute atomic E-state index is 7.37. The van der Waals surface area contributed by atoms with Crippen molar-refractivity contribution < 1.29 is 8.83 Å². The molecule has 13 aromatic carbocycles. The van der Waals surface area contributed by atoms with Gasteiger partial charge in [0.15, 0.2) is 5.58 Å². The molecule has 0 aliphatic carbocycles. The van der Waals surface area contributed by atoms with Crippen LogP contribution in [0, 0.1) is 0 Å². The fraction of sp³-hybridized carbons (Fsp3) is 0.140. The third-order valence-electron chi connectivity index (χ3n) is 20.5. The summed E-state index contributed by atoms with van der Waals surface area (Å²) in [5.74, 6) is 0. The van der Waals surface area contributed by atoms with E-state index in [1.165, 1.54) is 103 Å². The van der Waals surface area contributed by atoms with Crippen molar-refractivity contribution in [3.63, 3.8) is 0 Å². The number of para-hydroxylation sites is 4. The zero-order valence-electron chi connectivity index (χ0n) is 54.0. The molecule has 6 heteroatoms. The van der Waals surface area contributed by atoms with Crippen molar-refractivity contribution in [2.45, 2.75) is 78.6 Å². The first-order valence-corrected chi connectivity index (χ1v) is 38.6. The second-order valence-electron chi connectivity index (χ2n) is 28.8. The van der Waals surface area contributed by atoms with Crippen molar-refractivity contribution in [1.29, 1.82) is 0 Å². The molecule has 0 amide bonds. The largest absolute Gasteiger partial charge is 0.455 e. The lowest BCUT2D eigenvalue weighted by Gasteiger charge is -2.28. The predicted molar refractivity (Wildman–Crippen MR) is 398 cm³/mol. The molecule has 0 radical (unpaired) electrons. The van der Waals surface area contributed by atoms with Gasteiger partial charge in [0.25, 0.3) is 0 Å². The monoisotopic (exact) mass is 1220 g/mol. The van der Waals surface area contributed by atoms with E-state index >= 15 is 0 Å². The number of fused-ring (bicyclic) bond motifs is 16. The molecule has 15 aromatic rings. The van der Waals surface area contributed by atoms with Crippen LogP contribution in [0.1, 0.15) is 52.7 Å². The highest BCUT2D eigenvalue weighted by molar-refractivity contribution is 7.06. The Morgan fingerprint density at radius 1 is 0.293 bits per heavy atom. The van der Waals surface area contributed by atoms with Gasteiger partial charge in [-0.2, -0.15) is 0 Å². The summed E-state index contributed by atoms with van der Waals surface area (Å²) in [6.07, 6.45) is 0. The second-order valence-corrected chi connectivity index (χ2v) is 37.4. The van der Waals surface area contributed by atoms with Gasteiger partial charge in [-0.25, -0.2) is 0 Å². The summed E-state index contributed by atoms with van der Waals surface area (Å²) in [4.78, 5) is 4.92. The lowest BCUT2D eigenvalue weighted by atomic mass is 9.82. The topological polar surface area (TPSA) is 32.8 Å². The Kier molecular flexibility index (Phi) is 12.3. The average Bonchev–Trinajstić information content (AvgIpc) is 1.53. The highest BCUT2D eigenvalue weighted by Crippen LogP contribution is 2.52. The van der Waals surface area contributed by atoms with Crippen molar-refractivity contribution in [2.24, 2.45) is 0 Å². The Balaban J connectivity index is 0.832. The Hall–Kier alpha value is -9.99. The molecule has 0 unspecified atom stereocenters.